The fourth-order valence-corrected chi connectivity index (χ4v) is 4.26. The van der Waals surface area contributed by atoms with Crippen molar-refractivity contribution in [3.8, 4) is 11.6 Å². The molecule has 0 saturated carbocycles. The van der Waals surface area contributed by atoms with E-state index in [1.165, 1.54) is 4.80 Å². The quantitative estimate of drug-likeness (QED) is 0.479. The number of rotatable bonds is 5. The lowest BCUT2D eigenvalue weighted by Crippen LogP contribution is -2.47. The van der Waals surface area contributed by atoms with Gasteiger partial charge in [0.05, 0.1) is 35.8 Å². The molecular weight excluding hydrogens is 402 g/mol. The number of carbonyl (C=O) groups is 1. The first kappa shape index (κ1) is 20.2. The number of aromatic nitrogens is 4. The fraction of sp³-hybridized carbons (Fsp3) is 0.280. The van der Waals surface area contributed by atoms with Gasteiger partial charge in [0.1, 0.15) is 0 Å². The van der Waals surface area contributed by atoms with E-state index < -0.39 is 0 Å². The minimum Gasteiger partial charge on any atom is -0.477 e. The number of ether oxygens (including phenoxy) is 1. The van der Waals surface area contributed by atoms with Gasteiger partial charge in [0.15, 0.2) is 0 Å². The van der Waals surface area contributed by atoms with Gasteiger partial charge in [0, 0.05) is 30.0 Å². The Labute approximate surface area is 186 Å². The zero-order valence-corrected chi connectivity index (χ0v) is 18.0. The summed E-state index contributed by atoms with van der Waals surface area (Å²) in [4.78, 5) is 21.5. The highest BCUT2D eigenvalue weighted by atomic mass is 16.5. The number of fused-ring (bicyclic) bond motifs is 1. The van der Waals surface area contributed by atoms with Crippen LogP contribution in [0.15, 0.2) is 73.1 Å². The SMILES string of the molecule is C[C@H]1CC[C@@H](COc2ccc3ccccc3n2)CN1C(=O)c1ccccc1-n1nccn1. The van der Waals surface area contributed by atoms with Crippen molar-refractivity contribution in [2.75, 3.05) is 13.2 Å². The monoisotopic (exact) mass is 427 g/mol. The summed E-state index contributed by atoms with van der Waals surface area (Å²) in [5.74, 6) is 0.868. The number of hydrogen-bond donors (Lipinski definition) is 0. The highest BCUT2D eigenvalue weighted by Gasteiger charge is 2.31. The molecule has 0 aliphatic carbocycles. The summed E-state index contributed by atoms with van der Waals surface area (Å²) in [7, 11) is 0. The molecule has 4 aromatic rings. The lowest BCUT2D eigenvalue weighted by atomic mass is 9.93. The number of nitrogens with zero attached hydrogens (tertiary/aromatic N) is 5. The van der Waals surface area contributed by atoms with Crippen LogP contribution in [-0.4, -0.2) is 50.0 Å². The summed E-state index contributed by atoms with van der Waals surface area (Å²) in [6, 6.07) is 19.6. The van der Waals surface area contributed by atoms with Crippen LogP contribution in [0.5, 0.6) is 5.88 Å². The highest BCUT2D eigenvalue weighted by molar-refractivity contribution is 5.98. The molecule has 5 rings (SSSR count). The van der Waals surface area contributed by atoms with E-state index in [4.69, 9.17) is 4.74 Å². The number of carbonyl (C=O) groups excluding carboxylic acids is 1. The predicted octanol–water partition coefficient (Wildman–Crippen LogP) is 4.14. The van der Waals surface area contributed by atoms with Crippen LogP contribution in [0.25, 0.3) is 16.6 Å². The molecule has 1 saturated heterocycles. The second kappa shape index (κ2) is 8.78. The van der Waals surface area contributed by atoms with Gasteiger partial charge in [0.2, 0.25) is 5.88 Å². The molecule has 7 heteroatoms. The molecule has 3 heterocycles. The Morgan fingerprint density at radius 1 is 1.00 bits per heavy atom. The van der Waals surface area contributed by atoms with Gasteiger partial charge in [0.25, 0.3) is 5.91 Å². The summed E-state index contributed by atoms with van der Waals surface area (Å²) in [6.45, 7) is 3.29. The zero-order chi connectivity index (χ0) is 21.9. The Morgan fingerprint density at radius 2 is 1.78 bits per heavy atom. The molecule has 0 N–H and O–H groups in total. The third-order valence-corrected chi connectivity index (χ3v) is 6.05. The van der Waals surface area contributed by atoms with Gasteiger partial charge in [-0.05, 0) is 44.0 Å². The third-order valence-electron chi connectivity index (χ3n) is 6.05. The molecule has 0 spiro atoms. The van der Waals surface area contributed by atoms with E-state index in [1.54, 1.807) is 12.4 Å². The minimum absolute atomic E-state index is 0.000991. The first-order valence-electron chi connectivity index (χ1n) is 10.9. The number of para-hydroxylation sites is 2. The molecule has 1 amide bonds. The zero-order valence-electron chi connectivity index (χ0n) is 18.0. The number of piperidine rings is 1. The van der Waals surface area contributed by atoms with Gasteiger partial charge in [-0.1, -0.05) is 30.3 Å². The fourth-order valence-electron chi connectivity index (χ4n) is 4.26. The topological polar surface area (TPSA) is 73.1 Å². The van der Waals surface area contributed by atoms with Crippen molar-refractivity contribution in [1.29, 1.82) is 0 Å². The molecule has 1 fully saturated rings. The summed E-state index contributed by atoms with van der Waals surface area (Å²) >= 11 is 0. The number of hydrogen-bond acceptors (Lipinski definition) is 5. The maximum Gasteiger partial charge on any atom is 0.256 e. The predicted molar refractivity (Wildman–Crippen MR) is 122 cm³/mol. The number of pyridine rings is 1. The van der Waals surface area contributed by atoms with Crippen molar-refractivity contribution in [2.45, 2.75) is 25.8 Å². The molecule has 1 aliphatic rings. The first-order chi connectivity index (χ1) is 15.7. The maximum atomic E-state index is 13.5. The molecule has 0 unspecified atom stereocenters. The second-order valence-corrected chi connectivity index (χ2v) is 8.24. The molecule has 2 aromatic carbocycles. The van der Waals surface area contributed by atoms with Crippen LogP contribution in [0.1, 0.15) is 30.1 Å². The molecule has 2 aromatic heterocycles. The molecular formula is C25H25N5O2. The standard InChI is InChI=1S/C25H25N5O2/c1-18-10-11-19(17-32-24-13-12-20-6-2-4-8-22(20)28-24)16-29(18)25(31)21-7-3-5-9-23(21)30-26-14-15-27-30/h2-9,12-15,18-19H,10-11,16-17H2,1H3/t18-,19+/m0/s1. The number of likely N-dealkylation sites (tertiary alicyclic amines) is 1. The summed E-state index contributed by atoms with van der Waals surface area (Å²) in [5.41, 5.74) is 2.21. The molecule has 0 bridgehead atoms. The van der Waals surface area contributed by atoms with E-state index in [1.807, 2.05) is 65.6 Å². The van der Waals surface area contributed by atoms with E-state index in [0.29, 0.717) is 30.3 Å². The molecule has 7 nitrogen and oxygen atoms in total. The number of benzene rings is 2. The van der Waals surface area contributed by atoms with E-state index in [0.717, 1.165) is 23.7 Å². The van der Waals surface area contributed by atoms with Crippen molar-refractivity contribution in [1.82, 2.24) is 24.9 Å². The maximum absolute atomic E-state index is 13.5. The van der Waals surface area contributed by atoms with Gasteiger partial charge < -0.3 is 9.64 Å². The van der Waals surface area contributed by atoms with E-state index >= 15 is 0 Å². The van der Waals surface area contributed by atoms with Crippen molar-refractivity contribution in [3.63, 3.8) is 0 Å². The Bertz CT molecular complexity index is 1220. The van der Waals surface area contributed by atoms with Crippen LogP contribution in [0.4, 0.5) is 0 Å². The first-order valence-corrected chi connectivity index (χ1v) is 10.9. The van der Waals surface area contributed by atoms with E-state index in [9.17, 15) is 4.79 Å². The largest absolute Gasteiger partial charge is 0.477 e. The van der Waals surface area contributed by atoms with Gasteiger partial charge in [-0.15, -0.1) is 0 Å². The van der Waals surface area contributed by atoms with Gasteiger partial charge in [-0.3, -0.25) is 4.79 Å². The average Bonchev–Trinajstić information content (AvgIpc) is 3.38. The van der Waals surface area contributed by atoms with Gasteiger partial charge >= 0.3 is 0 Å². The van der Waals surface area contributed by atoms with Crippen molar-refractivity contribution in [2.24, 2.45) is 5.92 Å². The van der Waals surface area contributed by atoms with Crippen LogP contribution in [0.3, 0.4) is 0 Å². The Hall–Kier alpha value is -3.74. The highest BCUT2D eigenvalue weighted by Crippen LogP contribution is 2.26. The Balaban J connectivity index is 1.30. The molecule has 2 atom stereocenters. The molecule has 0 radical (unpaired) electrons. The van der Waals surface area contributed by atoms with Crippen LogP contribution >= 0.6 is 0 Å². The number of amides is 1. The van der Waals surface area contributed by atoms with Crippen LogP contribution in [0.2, 0.25) is 0 Å². The van der Waals surface area contributed by atoms with Crippen molar-refractivity contribution < 1.29 is 9.53 Å². The summed E-state index contributed by atoms with van der Waals surface area (Å²) in [5, 5.41) is 9.49. The van der Waals surface area contributed by atoms with Crippen molar-refractivity contribution >= 4 is 16.8 Å². The lowest BCUT2D eigenvalue weighted by Gasteiger charge is -2.38. The van der Waals surface area contributed by atoms with Crippen LogP contribution < -0.4 is 4.74 Å². The molecule has 32 heavy (non-hydrogen) atoms. The van der Waals surface area contributed by atoms with Crippen molar-refractivity contribution in [3.05, 3.63) is 78.6 Å². The summed E-state index contributed by atoms with van der Waals surface area (Å²) in [6.07, 6.45) is 5.17. The van der Waals surface area contributed by atoms with Gasteiger partial charge in [-0.25, -0.2) is 4.98 Å². The van der Waals surface area contributed by atoms with Crippen LogP contribution in [-0.2, 0) is 0 Å². The lowest BCUT2D eigenvalue weighted by molar-refractivity contribution is 0.0502. The smallest absolute Gasteiger partial charge is 0.256 e. The van der Waals surface area contributed by atoms with Gasteiger partial charge in [-0.2, -0.15) is 15.0 Å². The second-order valence-electron chi connectivity index (χ2n) is 8.24. The Kier molecular flexibility index (Phi) is 5.54. The molecule has 162 valence electrons. The third kappa shape index (κ3) is 4.06. The van der Waals surface area contributed by atoms with E-state index in [2.05, 4.69) is 22.1 Å². The van der Waals surface area contributed by atoms with E-state index in [-0.39, 0.29) is 17.9 Å². The normalized spacial score (nSPS) is 18.6. The summed E-state index contributed by atoms with van der Waals surface area (Å²) < 4.78 is 6.03. The van der Waals surface area contributed by atoms with Crippen LogP contribution in [0, 0.1) is 5.92 Å². The average molecular weight is 428 g/mol. The Morgan fingerprint density at radius 3 is 2.66 bits per heavy atom. The molecule has 1 aliphatic heterocycles. The minimum atomic E-state index is -0.000991.